The molecule has 0 radical (unpaired) electrons. The fourth-order valence-corrected chi connectivity index (χ4v) is 0. The predicted molar refractivity (Wildman–Crippen MR) is 21.6 cm³/mol. The summed E-state index contributed by atoms with van der Waals surface area (Å²) >= 11 is 0. The molecule has 0 spiro atoms. The van der Waals surface area contributed by atoms with Crippen molar-refractivity contribution in [1.29, 1.82) is 0 Å². The van der Waals surface area contributed by atoms with E-state index >= 15 is 0 Å². The standard InChI is InChI=1S/CH2O3.Ca.2Na.H2O4S/c2-1(3)4;;;;1-5(2,3)4/h(H2,2,3,4);;;;(H2,1,2,3,4)/q;+2;2*+1;/p-4. The van der Waals surface area contributed by atoms with Gasteiger partial charge in [0.25, 0.3) is 0 Å². The molecule has 0 heterocycles. The number of carbonyl (C=O) groups is 1. The first-order chi connectivity index (χ1) is 3.73. The fourth-order valence-electron chi connectivity index (χ4n) is 0. The van der Waals surface area contributed by atoms with Gasteiger partial charge in [-0.2, -0.15) is 0 Å². The zero-order valence-electron chi connectivity index (χ0n) is 6.47. The van der Waals surface area contributed by atoms with Crippen molar-refractivity contribution in [3.63, 3.8) is 0 Å². The van der Waals surface area contributed by atoms with E-state index in [2.05, 4.69) is 0 Å². The van der Waals surface area contributed by atoms with Gasteiger partial charge in [0.1, 0.15) is 0 Å². The Kier molecular flexibility index (Phi) is 38.7. The first-order valence-corrected chi connectivity index (χ1v) is 2.61. The van der Waals surface area contributed by atoms with Gasteiger partial charge in [-0.3, -0.25) is 8.42 Å². The maximum Gasteiger partial charge on any atom is 2.00 e. The van der Waals surface area contributed by atoms with E-state index in [0.717, 1.165) is 0 Å². The average Bonchev–Trinajstić information content (AvgIpc) is 1.19. The zero-order chi connectivity index (χ0) is 8.08. The van der Waals surface area contributed by atoms with Crippen molar-refractivity contribution in [2.75, 3.05) is 0 Å². The number of carboxylic acid groups (broad SMARTS) is 2. The quantitative estimate of drug-likeness (QED) is 0.233. The van der Waals surface area contributed by atoms with Crippen molar-refractivity contribution < 1.29 is 91.6 Å². The Morgan fingerprint density at radius 2 is 1.00 bits per heavy atom. The van der Waals surface area contributed by atoms with Gasteiger partial charge in [-0.15, -0.1) is 0 Å². The summed E-state index contributed by atoms with van der Waals surface area (Å²) in [5, 5.41) is 16.7. The van der Waals surface area contributed by atoms with Crippen LogP contribution in [0.5, 0.6) is 0 Å². The number of carbonyl (C=O) groups excluding carboxylic acids is 1. The van der Waals surface area contributed by atoms with Gasteiger partial charge in [-0.1, -0.05) is 0 Å². The molecule has 0 rings (SSSR count). The Bertz CT molecular complexity index is 164. The van der Waals surface area contributed by atoms with Crippen LogP contribution in [-0.2, 0) is 10.4 Å². The van der Waals surface area contributed by atoms with Gasteiger partial charge in [0, 0.05) is 10.4 Å². The minimum Gasteiger partial charge on any atom is -0.759 e. The van der Waals surface area contributed by atoms with Gasteiger partial charge in [0.05, 0.1) is 0 Å². The molecular formula is CCaNa2O7S. The molecule has 0 aliphatic rings. The molecule has 0 N–H and O–H groups in total. The third-order valence-electron chi connectivity index (χ3n) is 0. The van der Waals surface area contributed by atoms with E-state index in [4.69, 9.17) is 32.5 Å². The summed E-state index contributed by atoms with van der Waals surface area (Å²) in [5.41, 5.74) is 0. The summed E-state index contributed by atoms with van der Waals surface area (Å²) in [7, 11) is -5.17. The maximum absolute atomic E-state index is 8.52. The minimum atomic E-state index is -5.17. The second kappa shape index (κ2) is 15.9. The van der Waals surface area contributed by atoms with Crippen molar-refractivity contribution in [3.05, 3.63) is 0 Å². The fraction of sp³-hybridized carbons (Fsp3) is 0. The van der Waals surface area contributed by atoms with Crippen LogP contribution in [0.25, 0.3) is 0 Å². The zero-order valence-corrected chi connectivity index (χ0v) is 13.5. The van der Waals surface area contributed by atoms with Crippen molar-refractivity contribution in [2.45, 2.75) is 0 Å². The van der Waals surface area contributed by atoms with E-state index in [1.54, 1.807) is 0 Å². The van der Waals surface area contributed by atoms with Crippen LogP contribution in [0.15, 0.2) is 0 Å². The molecular weight excluding hydrogens is 242 g/mol. The Balaban J connectivity index is -0.0000000221. The topological polar surface area (TPSA) is 143 Å². The molecule has 0 aromatic rings. The molecule has 0 atom stereocenters. The summed E-state index contributed by atoms with van der Waals surface area (Å²) in [6.45, 7) is 0. The van der Waals surface area contributed by atoms with E-state index in [-0.39, 0.29) is 96.9 Å². The molecule has 12 heavy (non-hydrogen) atoms. The van der Waals surface area contributed by atoms with Gasteiger partial charge in [0.2, 0.25) is 0 Å². The van der Waals surface area contributed by atoms with Gasteiger partial charge in [0.15, 0.2) is 0 Å². The summed E-state index contributed by atoms with van der Waals surface area (Å²) < 4.78 is 34.1. The van der Waals surface area contributed by atoms with E-state index in [1.165, 1.54) is 0 Å². The smallest absolute Gasteiger partial charge is 0.759 e. The molecule has 11 heteroatoms. The van der Waals surface area contributed by atoms with E-state index < -0.39 is 16.6 Å². The van der Waals surface area contributed by atoms with Gasteiger partial charge in [-0.05, 0) is 6.16 Å². The van der Waals surface area contributed by atoms with Crippen molar-refractivity contribution in [3.8, 4) is 0 Å². The Morgan fingerprint density at radius 3 is 1.00 bits per heavy atom. The Hall–Kier alpha value is 2.40. The Labute approximate surface area is 143 Å². The SMILES string of the molecule is O=C([O-])[O-].O=S(=O)([O-])[O-].[Ca+2].[Na+].[Na+]. The van der Waals surface area contributed by atoms with Crippen LogP contribution in [-0.4, -0.2) is 61.4 Å². The van der Waals surface area contributed by atoms with E-state index in [0.29, 0.717) is 0 Å². The van der Waals surface area contributed by atoms with Gasteiger partial charge in [-0.25, -0.2) is 0 Å². The van der Waals surface area contributed by atoms with E-state index in [9.17, 15) is 0 Å². The van der Waals surface area contributed by atoms with Crippen LogP contribution in [0, 0.1) is 0 Å². The van der Waals surface area contributed by atoms with Crippen LogP contribution in [0.3, 0.4) is 0 Å². The summed E-state index contributed by atoms with van der Waals surface area (Å²) in [4.78, 5) is 8.33. The first-order valence-electron chi connectivity index (χ1n) is 1.28. The molecule has 0 aromatic carbocycles. The van der Waals surface area contributed by atoms with Crippen LogP contribution in [0.4, 0.5) is 4.79 Å². The molecule has 0 aromatic heterocycles. The molecule has 0 aliphatic heterocycles. The van der Waals surface area contributed by atoms with Crippen LogP contribution < -0.4 is 69.3 Å². The normalized spacial score (nSPS) is 6.83. The Morgan fingerprint density at radius 1 is 1.00 bits per heavy atom. The van der Waals surface area contributed by atoms with E-state index in [1.807, 2.05) is 0 Å². The number of rotatable bonds is 0. The third-order valence-corrected chi connectivity index (χ3v) is 0. The number of hydrogen-bond donors (Lipinski definition) is 0. The molecule has 0 bridgehead atoms. The maximum atomic E-state index is 8.52. The van der Waals surface area contributed by atoms with Gasteiger partial charge < -0.3 is 24.1 Å². The monoisotopic (exact) mass is 242 g/mol. The summed E-state index contributed by atoms with van der Waals surface area (Å²) in [6.07, 6.45) is -2.33. The second-order valence-corrected chi connectivity index (χ2v) is 1.47. The molecule has 0 amide bonds. The third kappa shape index (κ3) is 280. The molecule has 0 fully saturated rings. The van der Waals surface area contributed by atoms with Crippen LogP contribution in [0.2, 0.25) is 0 Å². The molecule has 0 saturated carbocycles. The molecule has 7 nitrogen and oxygen atoms in total. The predicted octanol–water partition coefficient (Wildman–Crippen LogP) is -10.2. The van der Waals surface area contributed by atoms with Crippen molar-refractivity contribution in [1.82, 2.24) is 0 Å². The molecule has 0 saturated heterocycles. The average molecular weight is 242 g/mol. The van der Waals surface area contributed by atoms with Crippen molar-refractivity contribution >= 4 is 54.3 Å². The largest absolute Gasteiger partial charge is 2.00 e. The molecule has 0 aliphatic carbocycles. The second-order valence-electron chi connectivity index (χ2n) is 0.658. The first kappa shape index (κ1) is 29.3. The molecule has 0 unspecified atom stereocenters. The van der Waals surface area contributed by atoms with Crippen LogP contribution >= 0.6 is 0 Å². The van der Waals surface area contributed by atoms with Gasteiger partial charge >= 0.3 is 96.9 Å². The summed E-state index contributed by atoms with van der Waals surface area (Å²) in [5.74, 6) is 0. The van der Waals surface area contributed by atoms with Crippen LogP contribution in [0.1, 0.15) is 0 Å². The number of hydrogen-bond acceptors (Lipinski definition) is 7. The van der Waals surface area contributed by atoms with Crippen molar-refractivity contribution in [2.24, 2.45) is 0 Å². The molecule has 56 valence electrons. The summed E-state index contributed by atoms with van der Waals surface area (Å²) in [6, 6.07) is 0. The minimum absolute atomic E-state index is 0.